The van der Waals surface area contributed by atoms with Crippen LogP contribution in [0.15, 0.2) is 48.5 Å². The van der Waals surface area contributed by atoms with Gasteiger partial charge in [0.25, 0.3) is 0 Å². The first-order chi connectivity index (χ1) is 8.24. The van der Waals surface area contributed by atoms with Crippen LogP contribution in [0, 0.1) is 5.82 Å². The fourth-order valence-electron chi connectivity index (χ4n) is 1.91. The van der Waals surface area contributed by atoms with E-state index in [1.54, 1.807) is 19.2 Å². The molecule has 2 rings (SSSR count). The van der Waals surface area contributed by atoms with Crippen LogP contribution in [0.5, 0.6) is 0 Å². The van der Waals surface area contributed by atoms with E-state index in [0.717, 1.165) is 5.56 Å². The summed E-state index contributed by atoms with van der Waals surface area (Å²) in [6.07, 6.45) is 0. The van der Waals surface area contributed by atoms with E-state index >= 15 is 0 Å². The lowest BCUT2D eigenvalue weighted by Gasteiger charge is -2.19. The molecular formula is C14H13ClFN. The van der Waals surface area contributed by atoms with Crippen LogP contribution in [-0.2, 0) is 0 Å². The van der Waals surface area contributed by atoms with E-state index in [2.05, 4.69) is 5.32 Å². The molecule has 0 bridgehead atoms. The van der Waals surface area contributed by atoms with Crippen LogP contribution >= 0.6 is 11.6 Å². The third-order valence-electron chi connectivity index (χ3n) is 2.71. The van der Waals surface area contributed by atoms with E-state index < -0.39 is 0 Å². The van der Waals surface area contributed by atoms with Crippen LogP contribution in [0.2, 0.25) is 5.02 Å². The molecule has 0 radical (unpaired) electrons. The molecule has 17 heavy (non-hydrogen) atoms. The fraction of sp³-hybridized carbons (Fsp3) is 0.143. The Morgan fingerprint density at radius 1 is 1.06 bits per heavy atom. The summed E-state index contributed by atoms with van der Waals surface area (Å²) in [5, 5.41) is 3.53. The van der Waals surface area contributed by atoms with Crippen molar-refractivity contribution in [3.63, 3.8) is 0 Å². The van der Waals surface area contributed by atoms with Crippen molar-refractivity contribution < 1.29 is 4.39 Å². The Labute approximate surface area is 105 Å². The van der Waals surface area contributed by atoms with Crippen LogP contribution in [-0.4, -0.2) is 7.05 Å². The summed E-state index contributed by atoms with van der Waals surface area (Å²) in [5.74, 6) is -0.291. The number of hydrogen-bond acceptors (Lipinski definition) is 1. The molecule has 0 heterocycles. The number of nitrogens with one attached hydrogen (secondary N) is 1. The fourth-order valence-corrected chi connectivity index (χ4v) is 2.18. The first kappa shape index (κ1) is 12.1. The summed E-state index contributed by atoms with van der Waals surface area (Å²) in [6.45, 7) is 0. The minimum absolute atomic E-state index is 0.232. The normalized spacial score (nSPS) is 12.4. The molecule has 1 N–H and O–H groups in total. The van der Waals surface area contributed by atoms with Gasteiger partial charge in [-0.1, -0.05) is 48.0 Å². The summed E-state index contributed by atoms with van der Waals surface area (Å²) in [4.78, 5) is 0. The zero-order valence-electron chi connectivity index (χ0n) is 9.45. The Kier molecular flexibility index (Phi) is 3.77. The number of hydrogen-bond donors (Lipinski definition) is 1. The van der Waals surface area contributed by atoms with Crippen molar-refractivity contribution in [3.05, 3.63) is 70.5 Å². The highest BCUT2D eigenvalue weighted by Gasteiger charge is 2.18. The quantitative estimate of drug-likeness (QED) is 0.873. The number of halogens is 2. The molecule has 1 atom stereocenters. The molecule has 0 aliphatic rings. The molecule has 0 saturated heterocycles. The molecule has 3 heteroatoms. The Balaban J connectivity index is 2.50. The SMILES string of the molecule is CNC(c1ccccc1)c1c(F)cccc1Cl. The molecule has 88 valence electrons. The lowest BCUT2D eigenvalue weighted by atomic mass is 9.98. The molecule has 0 aliphatic carbocycles. The van der Waals surface area contributed by atoms with Crippen molar-refractivity contribution in [1.82, 2.24) is 5.32 Å². The smallest absolute Gasteiger partial charge is 0.129 e. The molecule has 2 aromatic rings. The van der Waals surface area contributed by atoms with Crippen LogP contribution in [0.25, 0.3) is 0 Å². The predicted octanol–water partition coefficient (Wildman–Crippen LogP) is 3.79. The van der Waals surface area contributed by atoms with Crippen molar-refractivity contribution in [1.29, 1.82) is 0 Å². The van der Waals surface area contributed by atoms with Gasteiger partial charge < -0.3 is 5.32 Å². The third-order valence-corrected chi connectivity index (χ3v) is 3.04. The summed E-state index contributed by atoms with van der Waals surface area (Å²) in [5.41, 5.74) is 1.48. The van der Waals surface area contributed by atoms with Gasteiger partial charge in [-0.2, -0.15) is 0 Å². The first-order valence-electron chi connectivity index (χ1n) is 5.40. The largest absolute Gasteiger partial charge is 0.309 e. The van der Waals surface area contributed by atoms with Gasteiger partial charge in [0.2, 0.25) is 0 Å². The Hall–Kier alpha value is -1.38. The van der Waals surface area contributed by atoms with Crippen LogP contribution in [0.4, 0.5) is 4.39 Å². The van der Waals surface area contributed by atoms with E-state index in [1.165, 1.54) is 6.07 Å². The summed E-state index contributed by atoms with van der Waals surface area (Å²) in [7, 11) is 1.79. The average Bonchev–Trinajstić information content (AvgIpc) is 2.35. The molecule has 2 aromatic carbocycles. The molecule has 0 aliphatic heterocycles. The second-order valence-electron chi connectivity index (χ2n) is 3.77. The van der Waals surface area contributed by atoms with Crippen molar-refractivity contribution in [2.24, 2.45) is 0 Å². The highest BCUT2D eigenvalue weighted by atomic mass is 35.5. The lowest BCUT2D eigenvalue weighted by Crippen LogP contribution is -2.19. The maximum absolute atomic E-state index is 13.8. The molecule has 1 nitrogen and oxygen atoms in total. The number of benzene rings is 2. The van der Waals surface area contributed by atoms with Gasteiger partial charge in [0, 0.05) is 10.6 Å². The zero-order valence-corrected chi connectivity index (χ0v) is 10.2. The van der Waals surface area contributed by atoms with E-state index in [0.29, 0.717) is 10.6 Å². The standard InChI is InChI=1S/C14H13ClFN/c1-17-14(10-6-3-2-4-7-10)13-11(15)8-5-9-12(13)16/h2-9,14,17H,1H3. The van der Waals surface area contributed by atoms with Gasteiger partial charge in [-0.25, -0.2) is 4.39 Å². The van der Waals surface area contributed by atoms with Crippen molar-refractivity contribution >= 4 is 11.6 Å². The minimum atomic E-state index is -0.291. The Morgan fingerprint density at radius 2 is 1.76 bits per heavy atom. The maximum Gasteiger partial charge on any atom is 0.129 e. The van der Waals surface area contributed by atoms with Crippen molar-refractivity contribution in [2.75, 3.05) is 7.05 Å². The predicted molar refractivity (Wildman–Crippen MR) is 68.8 cm³/mol. The third kappa shape index (κ3) is 2.48. The molecule has 0 fully saturated rings. The van der Waals surface area contributed by atoms with Crippen LogP contribution < -0.4 is 5.32 Å². The zero-order chi connectivity index (χ0) is 12.3. The summed E-state index contributed by atoms with van der Waals surface area (Å²) >= 11 is 6.07. The van der Waals surface area contributed by atoms with E-state index in [9.17, 15) is 4.39 Å². The minimum Gasteiger partial charge on any atom is -0.309 e. The lowest BCUT2D eigenvalue weighted by molar-refractivity contribution is 0.576. The van der Waals surface area contributed by atoms with Gasteiger partial charge in [-0.15, -0.1) is 0 Å². The molecule has 0 saturated carbocycles. The Morgan fingerprint density at radius 3 is 2.35 bits per heavy atom. The molecule has 0 aromatic heterocycles. The molecule has 0 spiro atoms. The molecule has 0 amide bonds. The average molecular weight is 250 g/mol. The number of rotatable bonds is 3. The second kappa shape index (κ2) is 5.30. The summed E-state index contributed by atoms with van der Waals surface area (Å²) < 4.78 is 13.8. The highest BCUT2D eigenvalue weighted by Crippen LogP contribution is 2.30. The molecule has 1 unspecified atom stereocenters. The van der Waals surface area contributed by atoms with Crippen molar-refractivity contribution in [3.8, 4) is 0 Å². The monoisotopic (exact) mass is 249 g/mol. The van der Waals surface area contributed by atoms with Gasteiger partial charge in [0.05, 0.1) is 6.04 Å². The first-order valence-corrected chi connectivity index (χ1v) is 5.78. The Bertz CT molecular complexity index is 479. The maximum atomic E-state index is 13.8. The van der Waals surface area contributed by atoms with Gasteiger partial charge in [0.15, 0.2) is 0 Å². The van der Waals surface area contributed by atoms with Gasteiger partial charge in [0.1, 0.15) is 5.82 Å². The topological polar surface area (TPSA) is 12.0 Å². The van der Waals surface area contributed by atoms with Gasteiger partial charge in [-0.05, 0) is 24.7 Å². The summed E-state index contributed by atoms with van der Waals surface area (Å²) in [6, 6.07) is 14.2. The van der Waals surface area contributed by atoms with Crippen LogP contribution in [0.3, 0.4) is 0 Å². The van der Waals surface area contributed by atoms with E-state index in [1.807, 2.05) is 30.3 Å². The van der Waals surface area contributed by atoms with E-state index in [4.69, 9.17) is 11.6 Å². The van der Waals surface area contributed by atoms with E-state index in [-0.39, 0.29) is 11.9 Å². The van der Waals surface area contributed by atoms with Gasteiger partial charge >= 0.3 is 0 Å². The van der Waals surface area contributed by atoms with Crippen molar-refractivity contribution in [2.45, 2.75) is 6.04 Å². The van der Waals surface area contributed by atoms with Crippen LogP contribution in [0.1, 0.15) is 17.2 Å². The molecular weight excluding hydrogens is 237 g/mol. The van der Waals surface area contributed by atoms with Gasteiger partial charge in [-0.3, -0.25) is 0 Å². The highest BCUT2D eigenvalue weighted by molar-refractivity contribution is 6.31. The second-order valence-corrected chi connectivity index (χ2v) is 4.17.